The second-order valence-electron chi connectivity index (χ2n) is 2.46. The predicted molar refractivity (Wildman–Crippen MR) is 44.5 cm³/mol. The van der Waals surface area contributed by atoms with E-state index < -0.39 is 0 Å². The molecule has 0 aliphatic rings. The fourth-order valence-electron chi connectivity index (χ4n) is 0.787. The first kappa shape index (κ1) is 7.66. The molecule has 1 N–H and O–H groups in total. The monoisotopic (exact) mass is 156 g/mol. The van der Waals surface area contributed by atoms with Gasteiger partial charge in [0.05, 0.1) is 5.69 Å². The fourth-order valence-corrected chi connectivity index (χ4v) is 0.967. The normalized spacial score (nSPS) is 13.5. The Morgan fingerprint density at radius 3 is 2.90 bits per heavy atom. The minimum absolute atomic E-state index is 0.539. The number of nitrogens with one attached hydrogen (secondary N) is 1. The highest BCUT2D eigenvalue weighted by Crippen LogP contribution is 2.16. The molecule has 0 saturated heterocycles. The molecule has 1 atom stereocenters. The molecule has 1 heterocycles. The van der Waals surface area contributed by atoms with Crippen LogP contribution in [0.15, 0.2) is 11.4 Å². The Hall–Kier alpha value is -0.440. The number of rotatable bonds is 2. The molecule has 0 saturated carbocycles. The van der Waals surface area contributed by atoms with Gasteiger partial charge in [-0.25, -0.2) is 4.98 Å². The average Bonchev–Trinajstić information content (AvgIpc) is 2.34. The molecule has 0 bridgehead atoms. The second kappa shape index (κ2) is 3.10. The first-order valence-electron chi connectivity index (χ1n) is 3.48. The van der Waals surface area contributed by atoms with Gasteiger partial charge in [0.25, 0.3) is 0 Å². The van der Waals surface area contributed by atoms with Crippen molar-refractivity contribution in [2.45, 2.75) is 31.3 Å². The Balaban J connectivity index is 2.74. The van der Waals surface area contributed by atoms with Gasteiger partial charge < -0.3 is 4.98 Å². The van der Waals surface area contributed by atoms with Gasteiger partial charge in [0.1, 0.15) is 0 Å². The van der Waals surface area contributed by atoms with E-state index in [0.717, 1.165) is 12.1 Å². The van der Waals surface area contributed by atoms with Crippen LogP contribution in [0.25, 0.3) is 0 Å². The standard InChI is InChI=1S/C7H12N2S/c1-3-5(2)6-4-8-7(10)9-6/h4-5H,3H2,1-2H3,(H2,8,9,10). The van der Waals surface area contributed by atoms with E-state index >= 15 is 0 Å². The highest BCUT2D eigenvalue weighted by Gasteiger charge is 2.04. The summed E-state index contributed by atoms with van der Waals surface area (Å²) in [5.41, 5.74) is 1.10. The number of aromatic amines is 1. The summed E-state index contributed by atoms with van der Waals surface area (Å²) in [6.45, 7) is 4.31. The van der Waals surface area contributed by atoms with Crippen LogP contribution in [0.4, 0.5) is 0 Å². The van der Waals surface area contributed by atoms with Crippen LogP contribution in [-0.2, 0) is 0 Å². The molecule has 10 heavy (non-hydrogen) atoms. The molecule has 56 valence electrons. The zero-order valence-corrected chi connectivity index (χ0v) is 7.15. The number of imidazole rings is 1. The van der Waals surface area contributed by atoms with E-state index in [-0.39, 0.29) is 0 Å². The molecule has 2 nitrogen and oxygen atoms in total. The van der Waals surface area contributed by atoms with Crippen LogP contribution in [-0.4, -0.2) is 9.97 Å². The molecular formula is C7H12N2S. The van der Waals surface area contributed by atoms with Crippen molar-refractivity contribution in [2.75, 3.05) is 0 Å². The topological polar surface area (TPSA) is 28.7 Å². The van der Waals surface area contributed by atoms with Gasteiger partial charge >= 0.3 is 0 Å². The van der Waals surface area contributed by atoms with Crippen molar-refractivity contribution >= 4 is 12.6 Å². The van der Waals surface area contributed by atoms with Crippen LogP contribution >= 0.6 is 12.6 Å². The zero-order valence-electron chi connectivity index (χ0n) is 6.26. The van der Waals surface area contributed by atoms with Crippen molar-refractivity contribution in [2.24, 2.45) is 0 Å². The van der Waals surface area contributed by atoms with Gasteiger partial charge in [0.2, 0.25) is 0 Å². The van der Waals surface area contributed by atoms with Gasteiger partial charge in [-0.2, -0.15) is 0 Å². The molecule has 3 heteroatoms. The van der Waals surface area contributed by atoms with Crippen LogP contribution in [0, 0.1) is 0 Å². The third-order valence-corrected chi connectivity index (χ3v) is 1.93. The first-order chi connectivity index (χ1) is 4.74. The smallest absolute Gasteiger partial charge is 0.162 e. The van der Waals surface area contributed by atoms with E-state index in [2.05, 4.69) is 36.4 Å². The number of hydrogen-bond donors (Lipinski definition) is 2. The Morgan fingerprint density at radius 2 is 2.50 bits per heavy atom. The molecule has 1 rings (SSSR count). The summed E-state index contributed by atoms with van der Waals surface area (Å²) in [6, 6.07) is 0. The Kier molecular flexibility index (Phi) is 2.38. The Labute approximate surface area is 66.5 Å². The Bertz CT molecular complexity index is 207. The summed E-state index contributed by atoms with van der Waals surface area (Å²) < 4.78 is 0. The van der Waals surface area contributed by atoms with E-state index in [1.165, 1.54) is 0 Å². The SMILES string of the molecule is CCC(C)c1c[nH]c(S)n1. The van der Waals surface area contributed by atoms with Gasteiger partial charge in [-0.3, -0.25) is 0 Å². The zero-order chi connectivity index (χ0) is 7.56. The Morgan fingerprint density at radius 1 is 1.80 bits per heavy atom. The van der Waals surface area contributed by atoms with E-state index in [9.17, 15) is 0 Å². The lowest BCUT2D eigenvalue weighted by Crippen LogP contribution is -1.89. The van der Waals surface area contributed by atoms with Gasteiger partial charge in [0.15, 0.2) is 5.16 Å². The molecule has 0 radical (unpaired) electrons. The number of H-pyrrole nitrogens is 1. The molecule has 0 aliphatic carbocycles. The summed E-state index contributed by atoms with van der Waals surface area (Å²) in [7, 11) is 0. The van der Waals surface area contributed by atoms with Crippen LogP contribution in [0.5, 0.6) is 0 Å². The highest BCUT2D eigenvalue weighted by atomic mass is 32.1. The summed E-state index contributed by atoms with van der Waals surface area (Å²) >= 11 is 4.07. The maximum Gasteiger partial charge on any atom is 0.162 e. The average molecular weight is 156 g/mol. The lowest BCUT2D eigenvalue weighted by Gasteiger charge is -2.01. The number of thiol groups is 1. The lowest BCUT2D eigenvalue weighted by molar-refractivity contribution is 0.708. The van der Waals surface area contributed by atoms with E-state index in [0.29, 0.717) is 11.1 Å². The molecule has 0 spiro atoms. The molecule has 0 aromatic carbocycles. The molecule has 0 fully saturated rings. The minimum atomic E-state index is 0.539. The molecular weight excluding hydrogens is 144 g/mol. The van der Waals surface area contributed by atoms with Crippen molar-refractivity contribution in [1.82, 2.24) is 9.97 Å². The quantitative estimate of drug-likeness (QED) is 0.631. The minimum Gasteiger partial charge on any atom is -0.340 e. The summed E-state index contributed by atoms with van der Waals surface area (Å²) in [5.74, 6) is 0.539. The van der Waals surface area contributed by atoms with E-state index in [4.69, 9.17) is 0 Å². The van der Waals surface area contributed by atoms with Crippen LogP contribution < -0.4 is 0 Å². The lowest BCUT2D eigenvalue weighted by atomic mass is 10.1. The van der Waals surface area contributed by atoms with Crippen molar-refractivity contribution in [3.05, 3.63) is 11.9 Å². The van der Waals surface area contributed by atoms with Crippen molar-refractivity contribution in [3.63, 3.8) is 0 Å². The molecule has 1 unspecified atom stereocenters. The first-order valence-corrected chi connectivity index (χ1v) is 3.93. The maximum atomic E-state index is 4.19. The summed E-state index contributed by atoms with van der Waals surface area (Å²) in [6.07, 6.45) is 3.04. The van der Waals surface area contributed by atoms with E-state index in [1.54, 1.807) is 0 Å². The van der Waals surface area contributed by atoms with Gasteiger partial charge in [-0.1, -0.05) is 13.8 Å². The second-order valence-corrected chi connectivity index (χ2v) is 2.88. The maximum absolute atomic E-state index is 4.19. The van der Waals surface area contributed by atoms with Crippen LogP contribution in [0.2, 0.25) is 0 Å². The third kappa shape index (κ3) is 1.53. The predicted octanol–water partition coefficient (Wildman–Crippen LogP) is 2.21. The van der Waals surface area contributed by atoms with Crippen molar-refractivity contribution in [3.8, 4) is 0 Å². The fraction of sp³-hybridized carbons (Fsp3) is 0.571. The van der Waals surface area contributed by atoms with Gasteiger partial charge in [0, 0.05) is 6.20 Å². The summed E-state index contributed by atoms with van der Waals surface area (Å²) in [4.78, 5) is 7.13. The molecule has 1 aromatic rings. The highest BCUT2D eigenvalue weighted by molar-refractivity contribution is 7.80. The van der Waals surface area contributed by atoms with Gasteiger partial charge in [-0.05, 0) is 12.3 Å². The van der Waals surface area contributed by atoms with Crippen LogP contribution in [0.3, 0.4) is 0 Å². The van der Waals surface area contributed by atoms with E-state index in [1.807, 2.05) is 6.20 Å². The number of aromatic nitrogens is 2. The molecule has 0 aliphatic heterocycles. The number of nitrogens with zero attached hydrogens (tertiary/aromatic N) is 1. The van der Waals surface area contributed by atoms with Gasteiger partial charge in [-0.15, -0.1) is 12.6 Å². The van der Waals surface area contributed by atoms with Crippen LogP contribution in [0.1, 0.15) is 31.9 Å². The summed E-state index contributed by atoms with van der Waals surface area (Å²) in [5, 5.41) is 0.704. The van der Waals surface area contributed by atoms with Crippen molar-refractivity contribution in [1.29, 1.82) is 0 Å². The largest absolute Gasteiger partial charge is 0.340 e. The number of hydrogen-bond acceptors (Lipinski definition) is 2. The third-order valence-electron chi connectivity index (χ3n) is 1.70. The molecule has 1 aromatic heterocycles. The molecule has 0 amide bonds. The van der Waals surface area contributed by atoms with Crippen molar-refractivity contribution < 1.29 is 0 Å².